The summed E-state index contributed by atoms with van der Waals surface area (Å²) in [6.07, 6.45) is 0.611. The van der Waals surface area contributed by atoms with Crippen molar-refractivity contribution in [2.24, 2.45) is 0 Å². The quantitative estimate of drug-likeness (QED) is 0.475. The van der Waals surface area contributed by atoms with Crippen molar-refractivity contribution in [2.75, 3.05) is 11.4 Å². The normalized spacial score (nSPS) is 10.2. The number of nitro groups is 1. The molecule has 0 aliphatic rings. The first-order valence-electron chi connectivity index (χ1n) is 6.64. The molecule has 0 radical (unpaired) electrons. The minimum atomic E-state index is -0.458. The molecule has 0 saturated heterocycles. The first-order chi connectivity index (χ1) is 10.1. The van der Waals surface area contributed by atoms with Gasteiger partial charge in [-0.3, -0.25) is 14.9 Å². The van der Waals surface area contributed by atoms with E-state index in [-0.39, 0.29) is 5.69 Å². The van der Waals surface area contributed by atoms with Crippen LogP contribution in [0.5, 0.6) is 0 Å². The van der Waals surface area contributed by atoms with E-state index >= 15 is 0 Å². The van der Waals surface area contributed by atoms with Crippen LogP contribution in [0.1, 0.15) is 22.8 Å². The first kappa shape index (κ1) is 14.7. The smallest absolute Gasteiger partial charge is 0.293 e. The number of rotatable bonds is 5. The summed E-state index contributed by atoms with van der Waals surface area (Å²) in [5.41, 5.74) is 2.69. The van der Waals surface area contributed by atoms with Crippen LogP contribution >= 0.6 is 0 Å². The number of anilines is 2. The molecule has 0 aliphatic carbocycles. The van der Waals surface area contributed by atoms with Crippen LogP contribution in [-0.2, 0) is 0 Å². The van der Waals surface area contributed by atoms with E-state index in [0.29, 0.717) is 24.1 Å². The number of aryl methyl sites for hydroxylation is 1. The van der Waals surface area contributed by atoms with Gasteiger partial charge in [0.05, 0.1) is 4.92 Å². The summed E-state index contributed by atoms with van der Waals surface area (Å²) in [6.45, 7) is 4.49. The van der Waals surface area contributed by atoms with Crippen LogP contribution in [0.2, 0.25) is 0 Å². The number of nitrogens with zero attached hydrogens (tertiary/aromatic N) is 2. The lowest BCUT2D eigenvalue weighted by Crippen LogP contribution is -2.17. The highest BCUT2D eigenvalue weighted by atomic mass is 16.6. The predicted octanol–water partition coefficient (Wildman–Crippen LogP) is 3.87. The summed E-state index contributed by atoms with van der Waals surface area (Å²) in [6, 6.07) is 12.3. The molecule has 0 saturated carbocycles. The van der Waals surface area contributed by atoms with E-state index in [9.17, 15) is 14.9 Å². The predicted molar refractivity (Wildman–Crippen MR) is 82.3 cm³/mol. The molecule has 0 atom stereocenters. The van der Waals surface area contributed by atoms with Crippen LogP contribution < -0.4 is 4.90 Å². The molecule has 0 aromatic heterocycles. The molecule has 2 aromatic rings. The minimum absolute atomic E-state index is 0.0667. The van der Waals surface area contributed by atoms with Gasteiger partial charge in [0, 0.05) is 23.9 Å². The Hall–Kier alpha value is -2.69. The van der Waals surface area contributed by atoms with Crippen LogP contribution in [0, 0.1) is 17.0 Å². The lowest BCUT2D eigenvalue weighted by Gasteiger charge is -2.23. The molecule has 0 amide bonds. The third kappa shape index (κ3) is 3.08. The average Bonchev–Trinajstić information content (AvgIpc) is 2.48. The lowest BCUT2D eigenvalue weighted by atomic mass is 10.1. The Kier molecular flexibility index (Phi) is 4.33. The molecule has 5 heteroatoms. The average molecular weight is 284 g/mol. The van der Waals surface area contributed by atoms with E-state index in [4.69, 9.17) is 0 Å². The molecule has 0 fully saturated rings. The van der Waals surface area contributed by atoms with Gasteiger partial charge in [-0.25, -0.2) is 0 Å². The van der Waals surface area contributed by atoms with E-state index in [1.165, 1.54) is 6.07 Å². The number of nitro benzene ring substituents is 1. The van der Waals surface area contributed by atoms with E-state index < -0.39 is 4.92 Å². The van der Waals surface area contributed by atoms with Crippen molar-refractivity contribution < 1.29 is 9.72 Å². The first-order valence-corrected chi connectivity index (χ1v) is 6.64. The van der Waals surface area contributed by atoms with E-state index in [2.05, 4.69) is 0 Å². The fraction of sp³-hybridized carbons (Fsp3) is 0.188. The SMILES string of the molecule is CCN(c1cccc(C)c1)c1ccc(C=O)cc1[N+](=O)[O-]. The van der Waals surface area contributed by atoms with Gasteiger partial charge >= 0.3 is 0 Å². The summed E-state index contributed by atoms with van der Waals surface area (Å²) >= 11 is 0. The maximum atomic E-state index is 11.3. The molecular formula is C16H16N2O3. The summed E-state index contributed by atoms with van der Waals surface area (Å²) in [5, 5.41) is 11.3. The van der Waals surface area contributed by atoms with Gasteiger partial charge in [0.2, 0.25) is 0 Å². The zero-order chi connectivity index (χ0) is 15.4. The Balaban J connectivity index is 2.56. The zero-order valence-corrected chi connectivity index (χ0v) is 11.9. The van der Waals surface area contributed by atoms with Gasteiger partial charge in [-0.1, -0.05) is 12.1 Å². The van der Waals surface area contributed by atoms with Crippen molar-refractivity contribution in [1.82, 2.24) is 0 Å². The molecule has 0 aliphatic heterocycles. The standard InChI is InChI=1S/C16H16N2O3/c1-3-17(14-6-4-5-12(2)9-14)15-8-7-13(11-19)10-16(15)18(20)21/h4-11H,3H2,1-2H3. The topological polar surface area (TPSA) is 63.5 Å². The Bertz CT molecular complexity index is 683. The van der Waals surface area contributed by atoms with E-state index in [1.807, 2.05) is 43.0 Å². The highest BCUT2D eigenvalue weighted by molar-refractivity contribution is 5.81. The maximum absolute atomic E-state index is 11.3. The molecule has 2 rings (SSSR count). The maximum Gasteiger partial charge on any atom is 0.293 e. The molecule has 2 aromatic carbocycles. The van der Waals surface area contributed by atoms with Gasteiger partial charge in [0.1, 0.15) is 12.0 Å². The van der Waals surface area contributed by atoms with Crippen LogP contribution in [0.3, 0.4) is 0 Å². The molecule has 0 bridgehead atoms. The van der Waals surface area contributed by atoms with Crippen molar-refractivity contribution in [3.05, 3.63) is 63.7 Å². The zero-order valence-electron chi connectivity index (χ0n) is 11.9. The summed E-state index contributed by atoms with van der Waals surface area (Å²) in [5.74, 6) is 0. The molecule has 0 heterocycles. The second-order valence-corrected chi connectivity index (χ2v) is 4.71. The van der Waals surface area contributed by atoms with E-state index in [1.54, 1.807) is 12.1 Å². The second kappa shape index (κ2) is 6.17. The van der Waals surface area contributed by atoms with E-state index in [0.717, 1.165) is 11.3 Å². The second-order valence-electron chi connectivity index (χ2n) is 4.71. The molecule has 5 nitrogen and oxygen atoms in total. The van der Waals surface area contributed by atoms with Crippen LogP contribution in [-0.4, -0.2) is 17.8 Å². The fourth-order valence-corrected chi connectivity index (χ4v) is 2.28. The van der Waals surface area contributed by atoms with Crippen molar-refractivity contribution in [3.8, 4) is 0 Å². The highest BCUT2D eigenvalue weighted by Gasteiger charge is 2.20. The molecule has 0 unspecified atom stereocenters. The number of aldehydes is 1. The molecule has 108 valence electrons. The van der Waals surface area contributed by atoms with Gasteiger partial charge in [-0.15, -0.1) is 0 Å². The number of carbonyl (C=O) groups excluding carboxylic acids is 1. The Labute approximate surface area is 123 Å². The number of hydrogen-bond acceptors (Lipinski definition) is 4. The third-order valence-corrected chi connectivity index (χ3v) is 3.25. The number of carbonyl (C=O) groups is 1. The Morgan fingerprint density at radius 3 is 2.57 bits per heavy atom. The molecule has 0 spiro atoms. The van der Waals surface area contributed by atoms with Gasteiger partial charge < -0.3 is 4.90 Å². The van der Waals surface area contributed by atoms with Crippen LogP contribution in [0.4, 0.5) is 17.1 Å². The van der Waals surface area contributed by atoms with Gasteiger partial charge in [-0.05, 0) is 43.7 Å². The van der Waals surface area contributed by atoms with Gasteiger partial charge in [0.15, 0.2) is 0 Å². The van der Waals surface area contributed by atoms with Crippen molar-refractivity contribution in [1.29, 1.82) is 0 Å². The fourth-order valence-electron chi connectivity index (χ4n) is 2.28. The van der Waals surface area contributed by atoms with Crippen LogP contribution in [0.25, 0.3) is 0 Å². The van der Waals surface area contributed by atoms with Crippen molar-refractivity contribution in [3.63, 3.8) is 0 Å². The monoisotopic (exact) mass is 284 g/mol. The minimum Gasteiger partial charge on any atom is -0.336 e. The largest absolute Gasteiger partial charge is 0.336 e. The molecule has 21 heavy (non-hydrogen) atoms. The summed E-state index contributed by atoms with van der Waals surface area (Å²) < 4.78 is 0. The molecule has 0 N–H and O–H groups in total. The van der Waals surface area contributed by atoms with Crippen molar-refractivity contribution in [2.45, 2.75) is 13.8 Å². The van der Waals surface area contributed by atoms with Gasteiger partial charge in [-0.2, -0.15) is 0 Å². The Morgan fingerprint density at radius 2 is 2.00 bits per heavy atom. The molecular weight excluding hydrogens is 268 g/mol. The summed E-state index contributed by atoms with van der Waals surface area (Å²) in [7, 11) is 0. The van der Waals surface area contributed by atoms with Crippen molar-refractivity contribution >= 4 is 23.3 Å². The number of hydrogen-bond donors (Lipinski definition) is 0. The van der Waals surface area contributed by atoms with Gasteiger partial charge in [0.25, 0.3) is 5.69 Å². The third-order valence-electron chi connectivity index (χ3n) is 3.25. The number of benzene rings is 2. The lowest BCUT2D eigenvalue weighted by molar-refractivity contribution is -0.384. The highest BCUT2D eigenvalue weighted by Crippen LogP contribution is 2.34. The Morgan fingerprint density at radius 1 is 1.24 bits per heavy atom. The summed E-state index contributed by atoms with van der Waals surface area (Å²) in [4.78, 5) is 23.5. The van der Waals surface area contributed by atoms with Crippen LogP contribution in [0.15, 0.2) is 42.5 Å².